The maximum atomic E-state index is 5.34. The molecule has 6 heteroatoms. The lowest BCUT2D eigenvalue weighted by Gasteiger charge is -2.13. The average molecular weight is 182 g/mol. The van der Waals surface area contributed by atoms with Gasteiger partial charge in [0.15, 0.2) is 17.1 Å². The molecule has 0 aliphatic carbocycles. The van der Waals surface area contributed by atoms with E-state index in [1.807, 2.05) is 0 Å². The summed E-state index contributed by atoms with van der Waals surface area (Å²) in [5.41, 5.74) is 0. The quantitative estimate of drug-likeness (QED) is 0.445. The third-order valence-corrected chi connectivity index (χ3v) is 17.5. The zero-order valence-electron chi connectivity index (χ0n) is 5.97. The Morgan fingerprint density at radius 3 is 1.38 bits per heavy atom. The highest BCUT2D eigenvalue weighted by molar-refractivity contribution is 7.17. The van der Waals surface area contributed by atoms with Gasteiger partial charge in [0, 0.05) is 0 Å². The molecule has 0 amide bonds. The minimum absolute atomic E-state index is 0.762. The van der Waals surface area contributed by atoms with E-state index < -0.39 is 17.1 Å². The molecule has 0 fully saturated rings. The van der Waals surface area contributed by atoms with Gasteiger partial charge in [0.05, 0.1) is 0 Å². The third kappa shape index (κ3) is 2.94. The van der Waals surface area contributed by atoms with E-state index in [0.29, 0.717) is 0 Å². The van der Waals surface area contributed by atoms with Crippen LogP contribution in [0.25, 0.3) is 0 Å². The van der Waals surface area contributed by atoms with Crippen molar-refractivity contribution in [3.05, 3.63) is 0 Å². The molecule has 0 aromatic rings. The van der Waals surface area contributed by atoms with Crippen molar-refractivity contribution in [2.24, 2.45) is 0 Å². The summed E-state index contributed by atoms with van der Waals surface area (Å²) in [6.45, 7) is 4.48. The van der Waals surface area contributed by atoms with Crippen LogP contribution in [0.1, 0.15) is 0 Å². The number of hydrogen-bond donors (Lipinski definition) is 0. The second-order valence-electron chi connectivity index (χ2n) is 1.88. The van der Waals surface area contributed by atoms with Gasteiger partial charge < -0.3 is 8.23 Å². The SMILES string of the molecule is C[SiH](O[SiH3])[SiH](C)O[SiH3]. The molecule has 0 rings (SSSR count). The monoisotopic (exact) mass is 182 g/mol. The van der Waals surface area contributed by atoms with Crippen LogP contribution in [0.3, 0.4) is 0 Å². The van der Waals surface area contributed by atoms with E-state index in [-0.39, 0.29) is 0 Å². The Balaban J connectivity index is 3.29. The maximum absolute atomic E-state index is 5.34. The van der Waals surface area contributed by atoms with Crippen LogP contribution in [0.2, 0.25) is 13.1 Å². The first-order valence-electron chi connectivity index (χ1n) is 2.78. The summed E-state index contributed by atoms with van der Waals surface area (Å²) in [5, 5.41) is 0. The summed E-state index contributed by atoms with van der Waals surface area (Å²) >= 11 is 0. The molecule has 2 unspecified atom stereocenters. The van der Waals surface area contributed by atoms with E-state index in [4.69, 9.17) is 8.23 Å². The second kappa shape index (κ2) is 4.65. The lowest BCUT2D eigenvalue weighted by Crippen LogP contribution is -2.34. The second-order valence-corrected chi connectivity index (χ2v) is 14.1. The molecule has 0 aromatic heterocycles. The first-order valence-corrected chi connectivity index (χ1v) is 10.3. The van der Waals surface area contributed by atoms with Crippen molar-refractivity contribution in [2.75, 3.05) is 0 Å². The Kier molecular flexibility index (Phi) is 5.10. The molecular weight excluding hydrogens is 168 g/mol. The molecule has 0 radical (unpaired) electrons. The van der Waals surface area contributed by atoms with E-state index in [1.165, 1.54) is 0 Å². The van der Waals surface area contributed by atoms with Gasteiger partial charge in [-0.3, -0.25) is 0 Å². The van der Waals surface area contributed by atoms with Gasteiger partial charge in [0.1, 0.15) is 21.0 Å². The molecule has 0 spiro atoms. The minimum atomic E-state index is -0.762. The number of hydrogen-bond acceptors (Lipinski definition) is 2. The van der Waals surface area contributed by atoms with Crippen LogP contribution >= 0.6 is 0 Å². The van der Waals surface area contributed by atoms with E-state index in [1.54, 1.807) is 0 Å². The van der Waals surface area contributed by atoms with Gasteiger partial charge in [-0.05, 0) is 13.1 Å². The van der Waals surface area contributed by atoms with Crippen LogP contribution in [-0.4, -0.2) is 38.1 Å². The lowest BCUT2D eigenvalue weighted by atomic mass is 11.9. The van der Waals surface area contributed by atoms with Crippen molar-refractivity contribution < 1.29 is 8.23 Å². The molecule has 8 heavy (non-hydrogen) atoms. The van der Waals surface area contributed by atoms with Crippen molar-refractivity contribution in [1.29, 1.82) is 0 Å². The summed E-state index contributed by atoms with van der Waals surface area (Å²) in [5.74, 6) is 0. The van der Waals surface area contributed by atoms with Crippen molar-refractivity contribution in [1.82, 2.24) is 0 Å². The maximum Gasteiger partial charge on any atom is 0.174 e. The van der Waals surface area contributed by atoms with Gasteiger partial charge >= 0.3 is 0 Å². The summed E-state index contributed by atoms with van der Waals surface area (Å²) in [6.07, 6.45) is 0. The molecule has 0 aromatic carbocycles. The Labute approximate surface area is 59.9 Å². The van der Waals surface area contributed by atoms with Crippen LogP contribution in [0, 0.1) is 0 Å². The zero-order chi connectivity index (χ0) is 6.57. The van der Waals surface area contributed by atoms with Crippen LogP contribution in [0.15, 0.2) is 0 Å². The molecule has 2 nitrogen and oxygen atoms in total. The highest BCUT2D eigenvalue weighted by Gasteiger charge is 2.12. The zero-order valence-corrected chi connectivity index (χ0v) is 12.3. The molecule has 0 saturated carbocycles. The number of rotatable bonds is 3. The van der Waals surface area contributed by atoms with Gasteiger partial charge in [0.2, 0.25) is 0 Å². The molecule has 0 aliphatic heterocycles. The van der Waals surface area contributed by atoms with Crippen molar-refractivity contribution >= 4 is 38.1 Å². The predicted molar refractivity (Wildman–Crippen MR) is 48.1 cm³/mol. The lowest BCUT2D eigenvalue weighted by molar-refractivity contribution is 0.617. The Morgan fingerprint density at radius 2 is 1.25 bits per heavy atom. The first kappa shape index (κ1) is 8.79. The molecular formula is C2H14O2Si4. The fraction of sp³-hybridized carbons (Fsp3) is 1.00. The van der Waals surface area contributed by atoms with Gasteiger partial charge in [-0.1, -0.05) is 0 Å². The molecule has 50 valence electrons. The van der Waals surface area contributed by atoms with Crippen LogP contribution < -0.4 is 0 Å². The average Bonchev–Trinajstić information content (AvgIpc) is 1.84. The van der Waals surface area contributed by atoms with Crippen molar-refractivity contribution in [2.45, 2.75) is 13.1 Å². The van der Waals surface area contributed by atoms with Gasteiger partial charge in [-0.2, -0.15) is 0 Å². The van der Waals surface area contributed by atoms with E-state index in [9.17, 15) is 0 Å². The standard InChI is InChI=1S/C2H14O2Si4/c1-7(3-5)8(2)4-6/h7-8H,1-2,5-6H3. The Bertz CT molecular complexity index is 52.0. The minimum Gasteiger partial charge on any atom is -0.466 e. The van der Waals surface area contributed by atoms with Crippen LogP contribution in [0.4, 0.5) is 0 Å². The Morgan fingerprint density at radius 1 is 1.00 bits per heavy atom. The summed E-state index contributed by atoms with van der Waals surface area (Å²) in [6, 6.07) is 0. The smallest absolute Gasteiger partial charge is 0.174 e. The molecule has 0 heterocycles. The summed E-state index contributed by atoms with van der Waals surface area (Å²) in [4.78, 5) is 0. The van der Waals surface area contributed by atoms with E-state index in [2.05, 4.69) is 13.1 Å². The summed E-state index contributed by atoms with van der Waals surface area (Å²) in [7, 11) is 0.290. The van der Waals surface area contributed by atoms with E-state index in [0.717, 1.165) is 21.0 Å². The topological polar surface area (TPSA) is 18.5 Å². The summed E-state index contributed by atoms with van der Waals surface area (Å²) < 4.78 is 10.7. The van der Waals surface area contributed by atoms with Gasteiger partial charge in [0.25, 0.3) is 0 Å². The van der Waals surface area contributed by atoms with E-state index >= 15 is 0 Å². The molecule has 0 bridgehead atoms. The fourth-order valence-electron chi connectivity index (χ4n) is 0.383. The molecule has 0 saturated heterocycles. The normalized spacial score (nSPS) is 18.8. The van der Waals surface area contributed by atoms with Crippen LogP contribution in [-0.2, 0) is 8.23 Å². The predicted octanol–water partition coefficient (Wildman–Crippen LogP) is -2.63. The van der Waals surface area contributed by atoms with Crippen molar-refractivity contribution in [3.8, 4) is 0 Å². The van der Waals surface area contributed by atoms with Crippen molar-refractivity contribution in [3.63, 3.8) is 0 Å². The van der Waals surface area contributed by atoms with Crippen LogP contribution in [0.5, 0.6) is 0 Å². The molecule has 0 aliphatic rings. The molecule has 0 N–H and O–H groups in total. The fourth-order valence-corrected chi connectivity index (χ4v) is 10.3. The molecule has 2 atom stereocenters. The highest BCUT2D eigenvalue weighted by Crippen LogP contribution is 1.89. The largest absolute Gasteiger partial charge is 0.466 e. The van der Waals surface area contributed by atoms with Gasteiger partial charge in [-0.25, -0.2) is 0 Å². The third-order valence-electron chi connectivity index (χ3n) is 1.40. The highest BCUT2D eigenvalue weighted by atomic mass is 29.2. The Hall–Kier alpha value is 0.788. The van der Waals surface area contributed by atoms with Gasteiger partial charge in [-0.15, -0.1) is 0 Å². The first-order chi connectivity index (χ1) is 3.72.